The summed E-state index contributed by atoms with van der Waals surface area (Å²) in [4.78, 5) is 19.3. The van der Waals surface area contributed by atoms with E-state index in [9.17, 15) is 31.2 Å². The van der Waals surface area contributed by atoms with Gasteiger partial charge in [0.15, 0.2) is 19.7 Å². The van der Waals surface area contributed by atoms with Crippen molar-refractivity contribution in [1.29, 1.82) is 0 Å². The van der Waals surface area contributed by atoms with E-state index in [1.807, 2.05) is 0 Å². The van der Waals surface area contributed by atoms with E-state index in [-0.39, 0.29) is 0 Å². The van der Waals surface area contributed by atoms with E-state index < -0.39 is 48.2 Å². The zero-order valence-corrected chi connectivity index (χ0v) is 14.0. The molecule has 7 nitrogen and oxygen atoms in total. The third-order valence-electron chi connectivity index (χ3n) is 3.13. The van der Waals surface area contributed by atoms with Gasteiger partial charge in [0.05, 0.1) is 11.5 Å². The highest BCUT2D eigenvalue weighted by Gasteiger charge is 2.66. The van der Waals surface area contributed by atoms with Gasteiger partial charge in [-0.1, -0.05) is 44.2 Å². The summed E-state index contributed by atoms with van der Waals surface area (Å²) in [5.41, 5.74) is -0.443. The fourth-order valence-corrected chi connectivity index (χ4v) is 10.3. The van der Waals surface area contributed by atoms with Crippen LogP contribution in [0.1, 0.15) is 19.4 Å². The molecule has 0 aliphatic rings. The first-order valence-corrected chi connectivity index (χ1v) is 11.0. The first-order valence-electron chi connectivity index (χ1n) is 6.03. The van der Waals surface area contributed by atoms with Gasteiger partial charge < -0.3 is 9.79 Å². The summed E-state index contributed by atoms with van der Waals surface area (Å²) in [5, 5.41) is 0. The van der Waals surface area contributed by atoms with Crippen molar-refractivity contribution in [3.05, 3.63) is 35.9 Å². The van der Waals surface area contributed by atoms with Crippen LogP contribution in [-0.4, -0.2) is 38.1 Å². The molecule has 10 heteroatoms. The molecular formula is C11H17O7PS2. The van der Waals surface area contributed by atoms with Crippen LogP contribution in [0.15, 0.2) is 30.3 Å². The molecule has 1 aromatic rings. The van der Waals surface area contributed by atoms with Crippen molar-refractivity contribution in [2.45, 2.75) is 17.7 Å². The van der Waals surface area contributed by atoms with Crippen LogP contribution in [0.3, 0.4) is 0 Å². The van der Waals surface area contributed by atoms with Crippen LogP contribution in [0.25, 0.3) is 0 Å². The molecule has 0 aromatic heterocycles. The SMILES string of the molecule is CCS(=O)(=O)C(c1ccccc1)(P(=O)(O)O)S(=O)(=O)CC. The Morgan fingerprint density at radius 1 is 0.952 bits per heavy atom. The lowest BCUT2D eigenvalue weighted by molar-refractivity contribution is 0.362. The van der Waals surface area contributed by atoms with E-state index in [4.69, 9.17) is 0 Å². The molecule has 0 amide bonds. The van der Waals surface area contributed by atoms with Gasteiger partial charge in [-0.15, -0.1) is 0 Å². The van der Waals surface area contributed by atoms with E-state index in [0.717, 1.165) is 26.0 Å². The summed E-state index contributed by atoms with van der Waals surface area (Å²) >= 11 is 0. The summed E-state index contributed by atoms with van der Waals surface area (Å²) in [5.74, 6) is -1.43. The van der Waals surface area contributed by atoms with Crippen LogP contribution in [0.4, 0.5) is 0 Å². The first-order chi connectivity index (χ1) is 9.48. The van der Waals surface area contributed by atoms with Crippen molar-refractivity contribution in [3.63, 3.8) is 0 Å². The maximum absolute atomic E-state index is 12.4. The molecule has 0 fully saturated rings. The van der Waals surface area contributed by atoms with Gasteiger partial charge in [-0.3, -0.25) is 4.57 Å². The van der Waals surface area contributed by atoms with Crippen molar-refractivity contribution in [2.75, 3.05) is 11.5 Å². The van der Waals surface area contributed by atoms with Gasteiger partial charge in [0.2, 0.25) is 0 Å². The minimum Gasteiger partial charge on any atom is -0.322 e. The average molecular weight is 356 g/mol. The zero-order chi connectivity index (χ0) is 16.5. The van der Waals surface area contributed by atoms with Crippen molar-refractivity contribution in [3.8, 4) is 0 Å². The first kappa shape index (κ1) is 18.3. The average Bonchev–Trinajstić information content (AvgIpc) is 2.38. The van der Waals surface area contributed by atoms with E-state index in [2.05, 4.69) is 0 Å². The van der Waals surface area contributed by atoms with Crippen LogP contribution in [-0.2, 0) is 28.1 Å². The van der Waals surface area contributed by atoms with Gasteiger partial charge in [0, 0.05) is 5.56 Å². The van der Waals surface area contributed by atoms with Crippen LogP contribution < -0.4 is 0 Å². The van der Waals surface area contributed by atoms with Gasteiger partial charge >= 0.3 is 7.60 Å². The Labute approximate surface area is 124 Å². The second kappa shape index (κ2) is 5.81. The minimum absolute atomic E-state index is 0.443. The molecule has 2 N–H and O–H groups in total. The number of hydrogen-bond acceptors (Lipinski definition) is 5. The second-order valence-electron chi connectivity index (χ2n) is 4.30. The fraction of sp³-hybridized carbons (Fsp3) is 0.455. The smallest absolute Gasteiger partial charge is 0.322 e. The second-order valence-corrected chi connectivity index (χ2v) is 11.8. The molecule has 0 bridgehead atoms. The van der Waals surface area contributed by atoms with Crippen molar-refractivity contribution < 1.29 is 31.2 Å². The van der Waals surface area contributed by atoms with E-state index in [1.165, 1.54) is 18.2 Å². The van der Waals surface area contributed by atoms with E-state index in [1.54, 1.807) is 0 Å². The molecule has 0 aliphatic heterocycles. The van der Waals surface area contributed by atoms with Gasteiger partial charge in [-0.25, -0.2) is 16.8 Å². The molecular weight excluding hydrogens is 339 g/mol. The summed E-state index contributed by atoms with van der Waals surface area (Å²) in [6.07, 6.45) is 0. The number of hydrogen-bond donors (Lipinski definition) is 2. The van der Waals surface area contributed by atoms with Crippen molar-refractivity contribution >= 4 is 27.3 Å². The molecule has 1 rings (SSSR count). The lowest BCUT2D eigenvalue weighted by Gasteiger charge is -2.32. The van der Waals surface area contributed by atoms with Gasteiger partial charge in [0.1, 0.15) is 0 Å². The monoisotopic (exact) mass is 356 g/mol. The third kappa shape index (κ3) is 2.68. The van der Waals surface area contributed by atoms with Crippen LogP contribution in [0, 0.1) is 0 Å². The highest BCUT2D eigenvalue weighted by Crippen LogP contribution is 2.63. The molecule has 0 heterocycles. The minimum atomic E-state index is -5.58. The topological polar surface area (TPSA) is 126 Å². The molecule has 21 heavy (non-hydrogen) atoms. The Hall–Kier alpha value is -0.730. The Kier molecular flexibility index (Phi) is 5.07. The molecule has 120 valence electrons. The normalized spacial score (nSPS) is 14.1. The van der Waals surface area contributed by atoms with E-state index >= 15 is 0 Å². The predicted molar refractivity (Wildman–Crippen MR) is 79.1 cm³/mol. The molecule has 0 aliphatic carbocycles. The Morgan fingerprint density at radius 2 is 1.33 bits per heavy atom. The van der Waals surface area contributed by atoms with Gasteiger partial charge in [0.25, 0.3) is 3.82 Å². The predicted octanol–water partition coefficient (Wildman–Crippen LogP) is 0.844. The largest absolute Gasteiger partial charge is 0.366 e. The lowest BCUT2D eigenvalue weighted by atomic mass is 10.2. The maximum atomic E-state index is 12.4. The van der Waals surface area contributed by atoms with Crippen LogP contribution in [0.5, 0.6) is 0 Å². The standard InChI is InChI=1S/C11H17O7PS2/c1-3-20(15,16)11(19(12,13)14,21(17,18)4-2)10-8-6-5-7-9-10/h5-9H,3-4H2,1-2H3,(H2,12,13,14). The zero-order valence-electron chi connectivity index (χ0n) is 11.5. The third-order valence-corrected chi connectivity index (χ3v) is 12.4. The summed E-state index contributed by atoms with van der Waals surface area (Å²) in [6.45, 7) is 2.29. The van der Waals surface area contributed by atoms with Crippen LogP contribution >= 0.6 is 7.60 Å². The summed E-state index contributed by atoms with van der Waals surface area (Å²) in [7, 11) is -14.9. The van der Waals surface area contributed by atoms with Crippen molar-refractivity contribution in [2.24, 2.45) is 0 Å². The van der Waals surface area contributed by atoms with E-state index in [0.29, 0.717) is 0 Å². The fourth-order valence-electron chi connectivity index (χ4n) is 2.12. The van der Waals surface area contributed by atoms with Gasteiger partial charge in [-0.2, -0.15) is 0 Å². The highest BCUT2D eigenvalue weighted by atomic mass is 32.3. The molecule has 0 radical (unpaired) electrons. The Bertz CT molecular complexity index is 713. The van der Waals surface area contributed by atoms with Crippen LogP contribution in [0.2, 0.25) is 0 Å². The molecule has 0 saturated carbocycles. The Morgan fingerprint density at radius 3 is 1.62 bits per heavy atom. The number of rotatable bonds is 6. The Balaban J connectivity index is 4.10. The molecule has 1 aromatic carbocycles. The lowest BCUT2D eigenvalue weighted by Crippen LogP contribution is -2.45. The van der Waals surface area contributed by atoms with Gasteiger partial charge in [-0.05, 0) is 0 Å². The molecule has 0 unspecified atom stereocenters. The molecule has 0 spiro atoms. The molecule has 0 saturated heterocycles. The maximum Gasteiger partial charge on any atom is 0.366 e. The van der Waals surface area contributed by atoms with Crippen molar-refractivity contribution in [1.82, 2.24) is 0 Å². The quantitative estimate of drug-likeness (QED) is 0.723. The molecule has 0 atom stereocenters. The summed E-state index contributed by atoms with van der Waals surface area (Å²) in [6, 6.07) is 6.34. The number of benzene rings is 1. The number of sulfone groups is 2. The highest BCUT2D eigenvalue weighted by molar-refractivity contribution is 8.17. The summed E-state index contributed by atoms with van der Waals surface area (Å²) < 4.78 is 58.3.